The molecule has 2 aromatic rings. The van der Waals surface area contributed by atoms with Gasteiger partial charge in [-0.1, -0.05) is 22.4 Å². The van der Waals surface area contributed by atoms with Crippen LogP contribution < -0.4 is 0 Å². The topological polar surface area (TPSA) is 67.9 Å². The fraction of sp³-hybridized carbons (Fsp3) is 0.353. The minimum Gasteiger partial charge on any atom is -0.381 e. The third-order valence-corrected chi connectivity index (χ3v) is 4.05. The molecule has 7 heteroatoms. The van der Waals surface area contributed by atoms with E-state index in [1.54, 1.807) is 30.9 Å². The molecule has 1 amide bonds. The van der Waals surface area contributed by atoms with E-state index in [0.717, 1.165) is 11.3 Å². The summed E-state index contributed by atoms with van der Waals surface area (Å²) in [4.78, 5) is 19.6. The number of halogens is 1. The zero-order chi connectivity index (χ0) is 17.3. The Morgan fingerprint density at radius 2 is 2.08 bits per heavy atom. The SMILES string of the molecule is CC1=NOC(Cc2cccc(F)c2)C(=O)N1Cc1c(C)noc1C. The lowest BCUT2D eigenvalue weighted by Gasteiger charge is -2.29. The van der Waals surface area contributed by atoms with Crippen molar-refractivity contribution in [2.75, 3.05) is 0 Å². The minimum absolute atomic E-state index is 0.216. The molecule has 0 aliphatic carbocycles. The first-order chi connectivity index (χ1) is 11.5. The van der Waals surface area contributed by atoms with Crippen LogP contribution in [0.25, 0.3) is 0 Å². The molecule has 0 radical (unpaired) electrons. The lowest BCUT2D eigenvalue weighted by Crippen LogP contribution is -2.46. The Hall–Kier alpha value is -2.70. The van der Waals surface area contributed by atoms with Gasteiger partial charge in [-0.05, 0) is 38.5 Å². The van der Waals surface area contributed by atoms with Crippen LogP contribution in [0.4, 0.5) is 4.39 Å². The van der Waals surface area contributed by atoms with Crippen LogP contribution in [0.15, 0.2) is 33.9 Å². The monoisotopic (exact) mass is 331 g/mol. The molecule has 6 nitrogen and oxygen atoms in total. The number of benzene rings is 1. The number of aromatic nitrogens is 1. The molecule has 1 aliphatic rings. The number of carbonyl (C=O) groups excluding carboxylic acids is 1. The summed E-state index contributed by atoms with van der Waals surface area (Å²) in [6, 6.07) is 6.11. The van der Waals surface area contributed by atoms with Crippen molar-refractivity contribution in [2.24, 2.45) is 5.16 Å². The third kappa shape index (κ3) is 3.15. The molecule has 0 spiro atoms. The van der Waals surface area contributed by atoms with Crippen molar-refractivity contribution >= 4 is 11.7 Å². The highest BCUT2D eigenvalue weighted by Crippen LogP contribution is 2.20. The van der Waals surface area contributed by atoms with Crippen LogP contribution in [0, 0.1) is 19.7 Å². The van der Waals surface area contributed by atoms with Crippen LogP contribution in [0.5, 0.6) is 0 Å². The van der Waals surface area contributed by atoms with E-state index in [2.05, 4.69) is 10.3 Å². The summed E-state index contributed by atoms with van der Waals surface area (Å²) in [6.07, 6.45) is -0.526. The van der Waals surface area contributed by atoms with Gasteiger partial charge in [0.15, 0.2) is 0 Å². The van der Waals surface area contributed by atoms with Crippen LogP contribution in [0.1, 0.15) is 29.5 Å². The standard InChI is InChI=1S/C17H18FN3O3/c1-10-15(11(2)23-19-10)9-21-12(3)20-24-16(17(21)22)8-13-5-4-6-14(18)7-13/h4-7,16H,8-9H2,1-3H3. The largest absolute Gasteiger partial charge is 0.381 e. The lowest BCUT2D eigenvalue weighted by atomic mass is 10.1. The number of rotatable bonds is 4. The second kappa shape index (κ2) is 6.43. The molecule has 0 N–H and O–H groups in total. The van der Waals surface area contributed by atoms with E-state index in [9.17, 15) is 9.18 Å². The molecule has 0 fully saturated rings. The van der Waals surface area contributed by atoms with Crippen LogP contribution in [0.2, 0.25) is 0 Å². The Morgan fingerprint density at radius 3 is 2.75 bits per heavy atom. The normalized spacial score (nSPS) is 17.7. The Kier molecular flexibility index (Phi) is 4.33. The summed E-state index contributed by atoms with van der Waals surface area (Å²) in [5, 5.41) is 7.88. The highest BCUT2D eigenvalue weighted by atomic mass is 19.1. The number of aryl methyl sites for hydroxylation is 2. The van der Waals surface area contributed by atoms with Gasteiger partial charge in [-0.3, -0.25) is 9.69 Å². The van der Waals surface area contributed by atoms with E-state index in [0.29, 0.717) is 23.7 Å². The highest BCUT2D eigenvalue weighted by molar-refractivity contribution is 6.00. The Bertz CT molecular complexity index is 781. The van der Waals surface area contributed by atoms with Crippen LogP contribution in [-0.2, 0) is 22.6 Å². The second-order valence-corrected chi connectivity index (χ2v) is 5.79. The average Bonchev–Trinajstić information content (AvgIpc) is 2.85. The second-order valence-electron chi connectivity index (χ2n) is 5.79. The van der Waals surface area contributed by atoms with E-state index in [1.165, 1.54) is 12.1 Å². The van der Waals surface area contributed by atoms with Crippen molar-refractivity contribution in [3.8, 4) is 0 Å². The maximum absolute atomic E-state index is 13.3. The van der Waals surface area contributed by atoms with E-state index < -0.39 is 6.10 Å². The molecule has 1 atom stereocenters. The molecule has 3 rings (SSSR count). The average molecular weight is 331 g/mol. The van der Waals surface area contributed by atoms with Crippen molar-refractivity contribution in [1.82, 2.24) is 10.1 Å². The Balaban J connectivity index is 1.79. The van der Waals surface area contributed by atoms with Gasteiger partial charge in [-0.2, -0.15) is 0 Å². The first kappa shape index (κ1) is 16.2. The summed E-state index contributed by atoms with van der Waals surface area (Å²) in [5.41, 5.74) is 2.27. The fourth-order valence-electron chi connectivity index (χ4n) is 2.65. The summed E-state index contributed by atoms with van der Waals surface area (Å²) in [6.45, 7) is 5.65. The molecule has 2 heterocycles. The smallest absolute Gasteiger partial charge is 0.272 e. The van der Waals surface area contributed by atoms with Gasteiger partial charge in [0, 0.05) is 12.0 Å². The maximum atomic E-state index is 13.3. The molecule has 24 heavy (non-hydrogen) atoms. The summed E-state index contributed by atoms with van der Waals surface area (Å²) >= 11 is 0. The zero-order valence-electron chi connectivity index (χ0n) is 13.7. The zero-order valence-corrected chi connectivity index (χ0v) is 13.7. The molecular weight excluding hydrogens is 313 g/mol. The molecule has 0 bridgehead atoms. The molecular formula is C17H18FN3O3. The van der Waals surface area contributed by atoms with Crippen LogP contribution in [0.3, 0.4) is 0 Å². The molecule has 0 saturated heterocycles. The number of carbonyl (C=O) groups is 1. The van der Waals surface area contributed by atoms with Crippen molar-refractivity contribution < 1.29 is 18.5 Å². The quantitative estimate of drug-likeness (QED) is 0.864. The van der Waals surface area contributed by atoms with Gasteiger partial charge in [0.1, 0.15) is 17.4 Å². The van der Waals surface area contributed by atoms with Gasteiger partial charge in [0.2, 0.25) is 6.10 Å². The predicted molar refractivity (Wildman–Crippen MR) is 84.6 cm³/mol. The van der Waals surface area contributed by atoms with E-state index in [1.807, 2.05) is 6.92 Å². The summed E-state index contributed by atoms with van der Waals surface area (Å²) < 4.78 is 18.5. The lowest BCUT2D eigenvalue weighted by molar-refractivity contribution is -0.143. The highest BCUT2D eigenvalue weighted by Gasteiger charge is 2.33. The number of oxime groups is 1. The number of amidine groups is 1. The first-order valence-corrected chi connectivity index (χ1v) is 7.63. The molecule has 1 unspecified atom stereocenters. The first-order valence-electron chi connectivity index (χ1n) is 7.63. The van der Waals surface area contributed by atoms with Gasteiger partial charge in [-0.15, -0.1) is 0 Å². The van der Waals surface area contributed by atoms with Gasteiger partial charge >= 0.3 is 0 Å². The van der Waals surface area contributed by atoms with Gasteiger partial charge < -0.3 is 9.36 Å². The number of nitrogens with zero attached hydrogens (tertiary/aromatic N) is 3. The van der Waals surface area contributed by atoms with E-state index >= 15 is 0 Å². The summed E-state index contributed by atoms with van der Waals surface area (Å²) in [5.74, 6) is 0.576. The molecule has 126 valence electrons. The van der Waals surface area contributed by atoms with Gasteiger partial charge in [-0.25, -0.2) is 4.39 Å². The number of hydrogen-bond acceptors (Lipinski definition) is 5. The van der Waals surface area contributed by atoms with Crippen molar-refractivity contribution in [1.29, 1.82) is 0 Å². The molecule has 1 aromatic heterocycles. The maximum Gasteiger partial charge on any atom is 0.272 e. The van der Waals surface area contributed by atoms with E-state index in [-0.39, 0.29) is 18.1 Å². The van der Waals surface area contributed by atoms with Crippen LogP contribution in [-0.4, -0.2) is 27.9 Å². The fourth-order valence-corrected chi connectivity index (χ4v) is 2.65. The number of amides is 1. The van der Waals surface area contributed by atoms with Crippen molar-refractivity contribution in [2.45, 2.75) is 39.8 Å². The minimum atomic E-state index is -0.782. The molecule has 1 aliphatic heterocycles. The van der Waals surface area contributed by atoms with Crippen molar-refractivity contribution in [3.63, 3.8) is 0 Å². The van der Waals surface area contributed by atoms with Gasteiger partial charge in [0.05, 0.1) is 12.2 Å². The molecule has 1 aromatic carbocycles. The van der Waals surface area contributed by atoms with Gasteiger partial charge in [0.25, 0.3) is 5.91 Å². The van der Waals surface area contributed by atoms with Crippen molar-refractivity contribution in [3.05, 3.63) is 52.7 Å². The van der Waals surface area contributed by atoms with Crippen LogP contribution >= 0.6 is 0 Å². The predicted octanol–water partition coefficient (Wildman–Crippen LogP) is 2.73. The molecule has 0 saturated carbocycles. The number of hydrogen-bond donors (Lipinski definition) is 0. The Morgan fingerprint density at radius 1 is 1.29 bits per heavy atom. The summed E-state index contributed by atoms with van der Waals surface area (Å²) in [7, 11) is 0. The Labute approximate surface area is 138 Å². The third-order valence-electron chi connectivity index (χ3n) is 4.05. The van der Waals surface area contributed by atoms with E-state index in [4.69, 9.17) is 9.36 Å².